The van der Waals surface area contributed by atoms with E-state index in [9.17, 15) is 0 Å². The van der Waals surface area contributed by atoms with Crippen LogP contribution in [0.3, 0.4) is 0 Å². The Morgan fingerprint density at radius 2 is 2.05 bits per heavy atom. The van der Waals surface area contributed by atoms with Crippen LogP contribution in [0.2, 0.25) is 5.02 Å². The summed E-state index contributed by atoms with van der Waals surface area (Å²) >= 11 is 9.45. The van der Waals surface area contributed by atoms with Gasteiger partial charge in [-0.2, -0.15) is 0 Å². The van der Waals surface area contributed by atoms with Crippen LogP contribution in [-0.2, 0) is 0 Å². The molecule has 3 aromatic rings. The molecule has 0 aliphatic rings. The van der Waals surface area contributed by atoms with E-state index in [-0.39, 0.29) is 0 Å². The molecule has 0 fully saturated rings. The molecule has 0 spiro atoms. The van der Waals surface area contributed by atoms with Crippen molar-refractivity contribution >= 4 is 33.3 Å². The average molecular weight is 350 g/mol. The highest BCUT2D eigenvalue weighted by atomic mass is 79.9. The van der Waals surface area contributed by atoms with Crippen molar-refractivity contribution in [1.82, 2.24) is 14.5 Å². The lowest BCUT2D eigenvalue weighted by Crippen LogP contribution is -1.96. The van der Waals surface area contributed by atoms with Crippen molar-refractivity contribution in [2.45, 2.75) is 0 Å². The van der Waals surface area contributed by atoms with Crippen LogP contribution in [0.5, 0.6) is 0 Å². The highest BCUT2D eigenvalue weighted by Gasteiger charge is 2.09. The van der Waals surface area contributed by atoms with Crippen molar-refractivity contribution in [3.05, 3.63) is 58.5 Å². The first-order chi connectivity index (χ1) is 9.65. The number of nitrogen functional groups attached to an aromatic ring is 1. The molecule has 6 heteroatoms. The lowest BCUT2D eigenvalue weighted by atomic mass is 10.2. The van der Waals surface area contributed by atoms with E-state index in [0.29, 0.717) is 10.8 Å². The highest BCUT2D eigenvalue weighted by molar-refractivity contribution is 9.10. The maximum Gasteiger partial charge on any atom is 0.123 e. The van der Waals surface area contributed by atoms with Crippen LogP contribution in [0.15, 0.2) is 53.5 Å². The molecule has 2 heterocycles. The molecule has 3 rings (SSSR count). The van der Waals surface area contributed by atoms with Crippen LogP contribution < -0.4 is 5.73 Å². The van der Waals surface area contributed by atoms with E-state index in [1.54, 1.807) is 18.7 Å². The molecule has 0 bridgehead atoms. The van der Waals surface area contributed by atoms with Crippen LogP contribution >= 0.6 is 27.5 Å². The Bertz CT molecular complexity index is 769. The van der Waals surface area contributed by atoms with Crippen molar-refractivity contribution in [2.75, 3.05) is 5.73 Å². The predicted octanol–water partition coefficient (Wildman–Crippen LogP) is 3.93. The second kappa shape index (κ2) is 5.26. The van der Waals surface area contributed by atoms with E-state index in [4.69, 9.17) is 17.3 Å². The molecule has 0 aliphatic heterocycles. The maximum atomic E-state index is 6.02. The Balaban J connectivity index is 2.12. The number of rotatable bonds is 2. The van der Waals surface area contributed by atoms with Crippen LogP contribution in [0.25, 0.3) is 16.9 Å². The molecule has 0 unspecified atom stereocenters. The SMILES string of the molecule is Nc1cc(-c2cncn2-c2ccc(Cl)c(Br)c2)ccn1. The van der Waals surface area contributed by atoms with E-state index < -0.39 is 0 Å². The topological polar surface area (TPSA) is 56.7 Å². The van der Waals surface area contributed by atoms with Gasteiger partial charge in [0.05, 0.1) is 23.2 Å². The summed E-state index contributed by atoms with van der Waals surface area (Å²) in [5.74, 6) is 0.479. The van der Waals surface area contributed by atoms with Gasteiger partial charge in [0.15, 0.2) is 0 Å². The third kappa shape index (κ3) is 2.42. The quantitative estimate of drug-likeness (QED) is 0.762. The molecule has 1 aromatic carbocycles. The largest absolute Gasteiger partial charge is 0.384 e. The monoisotopic (exact) mass is 348 g/mol. The number of anilines is 1. The Morgan fingerprint density at radius 1 is 1.20 bits per heavy atom. The molecule has 4 nitrogen and oxygen atoms in total. The number of nitrogens with two attached hydrogens (primary N) is 1. The molecule has 2 aromatic heterocycles. The normalized spacial score (nSPS) is 10.7. The fraction of sp³-hybridized carbons (Fsp3) is 0. The third-order valence-corrected chi connectivity index (χ3v) is 4.11. The highest BCUT2D eigenvalue weighted by Crippen LogP contribution is 2.28. The standard InChI is InChI=1S/C14H10BrClN4/c15-11-6-10(1-2-12(11)16)20-8-18-7-13(20)9-3-4-19-14(17)5-9/h1-8H,(H2,17,19). The van der Waals surface area contributed by atoms with Crippen molar-refractivity contribution in [3.63, 3.8) is 0 Å². The summed E-state index contributed by atoms with van der Waals surface area (Å²) in [6.07, 6.45) is 5.22. The zero-order valence-corrected chi connectivity index (χ0v) is 12.6. The number of hydrogen-bond acceptors (Lipinski definition) is 3. The summed E-state index contributed by atoms with van der Waals surface area (Å²) in [5, 5.41) is 0.670. The predicted molar refractivity (Wildman–Crippen MR) is 83.9 cm³/mol. The number of pyridine rings is 1. The van der Waals surface area contributed by atoms with Gasteiger partial charge >= 0.3 is 0 Å². The van der Waals surface area contributed by atoms with Gasteiger partial charge in [0.25, 0.3) is 0 Å². The van der Waals surface area contributed by atoms with Gasteiger partial charge in [-0.15, -0.1) is 0 Å². The van der Waals surface area contributed by atoms with Crippen LogP contribution in [0, 0.1) is 0 Å². The maximum absolute atomic E-state index is 6.02. The summed E-state index contributed by atoms with van der Waals surface area (Å²) < 4.78 is 2.81. The van der Waals surface area contributed by atoms with Crippen molar-refractivity contribution in [2.24, 2.45) is 0 Å². The number of imidazole rings is 1. The summed E-state index contributed by atoms with van der Waals surface area (Å²) in [4.78, 5) is 8.21. The molecule has 100 valence electrons. The zero-order chi connectivity index (χ0) is 14.1. The van der Waals surface area contributed by atoms with Crippen LogP contribution in [0.1, 0.15) is 0 Å². The molecule has 0 radical (unpaired) electrons. The van der Waals surface area contributed by atoms with Gasteiger partial charge in [0.2, 0.25) is 0 Å². The van der Waals surface area contributed by atoms with E-state index >= 15 is 0 Å². The van der Waals surface area contributed by atoms with E-state index in [2.05, 4.69) is 25.9 Å². The number of hydrogen-bond donors (Lipinski definition) is 1. The Morgan fingerprint density at radius 3 is 2.80 bits per heavy atom. The second-order valence-corrected chi connectivity index (χ2v) is 5.48. The summed E-state index contributed by atoms with van der Waals surface area (Å²) in [6, 6.07) is 9.43. The Hall–Kier alpha value is -1.85. The fourth-order valence-corrected chi connectivity index (χ4v) is 2.44. The number of aromatic nitrogens is 3. The number of benzene rings is 1. The molecule has 0 saturated heterocycles. The number of halogens is 2. The van der Waals surface area contributed by atoms with Crippen LogP contribution in [-0.4, -0.2) is 14.5 Å². The molecular weight excluding hydrogens is 340 g/mol. The van der Waals surface area contributed by atoms with Crippen molar-refractivity contribution in [1.29, 1.82) is 0 Å². The second-order valence-electron chi connectivity index (χ2n) is 4.22. The summed E-state index contributed by atoms with van der Waals surface area (Å²) in [7, 11) is 0. The minimum absolute atomic E-state index is 0.479. The average Bonchev–Trinajstić information content (AvgIpc) is 2.91. The van der Waals surface area contributed by atoms with Gasteiger partial charge in [-0.3, -0.25) is 4.57 Å². The molecule has 0 atom stereocenters. The minimum atomic E-state index is 0.479. The van der Waals surface area contributed by atoms with E-state index in [1.165, 1.54) is 0 Å². The van der Waals surface area contributed by atoms with Gasteiger partial charge in [0, 0.05) is 21.9 Å². The molecule has 0 aliphatic carbocycles. The van der Waals surface area contributed by atoms with Gasteiger partial charge in [-0.25, -0.2) is 9.97 Å². The molecule has 0 saturated carbocycles. The van der Waals surface area contributed by atoms with E-state index in [1.807, 2.05) is 34.9 Å². The first-order valence-electron chi connectivity index (χ1n) is 5.85. The van der Waals surface area contributed by atoms with E-state index in [0.717, 1.165) is 21.4 Å². The zero-order valence-electron chi connectivity index (χ0n) is 10.3. The molecule has 2 N–H and O–H groups in total. The third-order valence-electron chi connectivity index (χ3n) is 2.90. The Kier molecular flexibility index (Phi) is 3.46. The van der Waals surface area contributed by atoms with Gasteiger partial charge < -0.3 is 5.73 Å². The molecular formula is C14H10BrClN4. The van der Waals surface area contributed by atoms with Crippen LogP contribution in [0.4, 0.5) is 5.82 Å². The minimum Gasteiger partial charge on any atom is -0.384 e. The molecule has 20 heavy (non-hydrogen) atoms. The summed E-state index contributed by atoms with van der Waals surface area (Å²) in [5.41, 5.74) is 8.59. The van der Waals surface area contributed by atoms with Gasteiger partial charge in [-0.1, -0.05) is 11.6 Å². The van der Waals surface area contributed by atoms with Gasteiger partial charge in [-0.05, 0) is 46.3 Å². The summed E-state index contributed by atoms with van der Waals surface area (Å²) in [6.45, 7) is 0. The van der Waals surface area contributed by atoms with Crippen molar-refractivity contribution < 1.29 is 0 Å². The molecule has 0 amide bonds. The lowest BCUT2D eigenvalue weighted by Gasteiger charge is -2.09. The Labute approximate surface area is 129 Å². The van der Waals surface area contributed by atoms with Crippen molar-refractivity contribution in [3.8, 4) is 16.9 Å². The smallest absolute Gasteiger partial charge is 0.123 e. The fourth-order valence-electron chi connectivity index (χ4n) is 1.96. The lowest BCUT2D eigenvalue weighted by molar-refractivity contribution is 1.06. The number of nitrogens with zero attached hydrogens (tertiary/aromatic N) is 3. The first kappa shape index (κ1) is 13.1. The first-order valence-corrected chi connectivity index (χ1v) is 7.02. The van der Waals surface area contributed by atoms with Gasteiger partial charge in [0.1, 0.15) is 5.82 Å².